The Labute approximate surface area is 114 Å². The summed E-state index contributed by atoms with van der Waals surface area (Å²) in [7, 11) is -4.00. The molecule has 6 nitrogen and oxygen atoms in total. The highest BCUT2D eigenvalue weighted by Crippen LogP contribution is 2.20. The zero-order chi connectivity index (χ0) is 14.8. The molecule has 1 aromatic heterocycles. The molecule has 1 aromatic carbocycles. The summed E-state index contributed by atoms with van der Waals surface area (Å²) in [5.74, 6) is -0.729. The van der Waals surface area contributed by atoms with Crippen molar-refractivity contribution in [3.63, 3.8) is 0 Å². The Kier molecular flexibility index (Phi) is 3.54. The summed E-state index contributed by atoms with van der Waals surface area (Å²) in [6, 6.07) is 7.81. The molecule has 0 aliphatic rings. The van der Waals surface area contributed by atoms with Gasteiger partial charge < -0.3 is 5.73 Å². The Bertz CT molecular complexity index is 799. The van der Waals surface area contributed by atoms with Crippen LogP contribution in [-0.2, 0) is 10.0 Å². The number of pyridine rings is 1. The number of hydrogen-bond donors (Lipinski definition) is 2. The molecule has 0 radical (unpaired) electrons. The number of nitrogens with one attached hydrogen (secondary N) is 1. The molecule has 8 heteroatoms. The highest BCUT2D eigenvalue weighted by molar-refractivity contribution is 7.92. The van der Waals surface area contributed by atoms with E-state index < -0.39 is 15.8 Å². The number of aromatic nitrogens is 1. The molecule has 0 saturated carbocycles. The average Bonchev–Trinajstić information content (AvgIpc) is 2.41. The normalized spacial score (nSPS) is 10.8. The highest BCUT2D eigenvalue weighted by atomic mass is 32.2. The maximum atomic E-state index is 13.2. The van der Waals surface area contributed by atoms with Crippen molar-refractivity contribution in [2.24, 2.45) is 0 Å². The van der Waals surface area contributed by atoms with Crippen molar-refractivity contribution >= 4 is 21.4 Å². The van der Waals surface area contributed by atoms with Crippen LogP contribution in [0, 0.1) is 17.1 Å². The number of halogens is 1. The number of nitrogen functional groups attached to an aromatic ring is 1. The summed E-state index contributed by atoms with van der Waals surface area (Å²) < 4.78 is 39.5. The van der Waals surface area contributed by atoms with E-state index >= 15 is 0 Å². The Balaban J connectivity index is 2.39. The molecule has 20 heavy (non-hydrogen) atoms. The average molecular weight is 292 g/mol. The van der Waals surface area contributed by atoms with Gasteiger partial charge in [-0.25, -0.2) is 9.37 Å². The molecule has 0 amide bonds. The van der Waals surface area contributed by atoms with Crippen LogP contribution in [0.3, 0.4) is 0 Å². The number of hydrogen-bond acceptors (Lipinski definition) is 5. The zero-order valence-electron chi connectivity index (χ0n) is 10.0. The highest BCUT2D eigenvalue weighted by Gasteiger charge is 2.19. The number of benzene rings is 1. The fourth-order valence-electron chi connectivity index (χ4n) is 1.51. The van der Waals surface area contributed by atoms with Crippen LogP contribution in [0.4, 0.5) is 15.8 Å². The lowest BCUT2D eigenvalue weighted by Crippen LogP contribution is -2.16. The van der Waals surface area contributed by atoms with Gasteiger partial charge in [0.25, 0.3) is 10.0 Å². The van der Waals surface area contributed by atoms with Crippen molar-refractivity contribution in [3.8, 4) is 6.07 Å². The molecule has 1 heterocycles. The Hall–Kier alpha value is -2.66. The molecule has 2 rings (SSSR count). The summed E-state index contributed by atoms with van der Waals surface area (Å²) in [5, 5.41) is 8.37. The van der Waals surface area contributed by atoms with Crippen molar-refractivity contribution in [2.45, 2.75) is 5.03 Å². The lowest BCUT2D eigenvalue weighted by atomic mass is 10.2. The third-order valence-electron chi connectivity index (χ3n) is 2.39. The second-order valence-electron chi connectivity index (χ2n) is 3.81. The standard InChI is InChI=1S/C12H9FN4O2S/c13-10-4-3-9(6-8(10)7-14)17-20(18,19)12-11(15)2-1-5-16-12/h1-6,17H,15H2. The van der Waals surface area contributed by atoms with Crippen molar-refractivity contribution in [1.82, 2.24) is 4.98 Å². The van der Waals surface area contributed by atoms with Gasteiger partial charge in [0.15, 0.2) is 5.03 Å². The monoisotopic (exact) mass is 292 g/mol. The predicted octanol–water partition coefficient (Wildman–Crippen LogP) is 1.48. The van der Waals surface area contributed by atoms with Crippen LogP contribution >= 0.6 is 0 Å². The van der Waals surface area contributed by atoms with Gasteiger partial charge in [-0.1, -0.05) is 0 Å². The van der Waals surface area contributed by atoms with Gasteiger partial charge >= 0.3 is 0 Å². The fraction of sp³-hybridized carbons (Fsp3) is 0. The number of anilines is 2. The van der Waals surface area contributed by atoms with Crippen LogP contribution in [0.1, 0.15) is 5.56 Å². The molecule has 102 valence electrons. The largest absolute Gasteiger partial charge is 0.396 e. The lowest BCUT2D eigenvalue weighted by molar-refractivity contribution is 0.598. The minimum atomic E-state index is -4.00. The van der Waals surface area contributed by atoms with Crippen molar-refractivity contribution in [1.29, 1.82) is 5.26 Å². The van der Waals surface area contributed by atoms with Gasteiger partial charge in [-0.2, -0.15) is 13.7 Å². The van der Waals surface area contributed by atoms with Gasteiger partial charge in [-0.15, -0.1) is 0 Å². The molecule has 0 aliphatic carbocycles. The molecule has 0 spiro atoms. The van der Waals surface area contributed by atoms with Crippen LogP contribution < -0.4 is 10.5 Å². The molecule has 0 atom stereocenters. The smallest absolute Gasteiger partial charge is 0.281 e. The molecule has 0 fully saturated rings. The summed E-state index contributed by atoms with van der Waals surface area (Å²) in [6.07, 6.45) is 1.29. The van der Waals surface area contributed by atoms with Gasteiger partial charge in [0.2, 0.25) is 0 Å². The van der Waals surface area contributed by atoms with E-state index in [4.69, 9.17) is 11.0 Å². The number of sulfonamides is 1. The van der Waals surface area contributed by atoms with Crippen LogP contribution in [0.5, 0.6) is 0 Å². The van der Waals surface area contributed by atoms with Gasteiger partial charge in [-0.05, 0) is 30.3 Å². The van der Waals surface area contributed by atoms with Crippen LogP contribution in [0.15, 0.2) is 41.6 Å². The van der Waals surface area contributed by atoms with Crippen LogP contribution in [-0.4, -0.2) is 13.4 Å². The Morgan fingerprint density at radius 3 is 2.75 bits per heavy atom. The van der Waals surface area contributed by atoms with E-state index in [9.17, 15) is 12.8 Å². The van der Waals surface area contributed by atoms with Crippen molar-refractivity contribution in [3.05, 3.63) is 47.9 Å². The van der Waals surface area contributed by atoms with E-state index in [-0.39, 0.29) is 22.0 Å². The van der Waals surface area contributed by atoms with E-state index in [2.05, 4.69) is 9.71 Å². The fourth-order valence-corrected chi connectivity index (χ4v) is 2.62. The first-order valence-corrected chi connectivity index (χ1v) is 6.85. The van der Waals surface area contributed by atoms with E-state index in [0.717, 1.165) is 12.1 Å². The van der Waals surface area contributed by atoms with E-state index in [1.54, 1.807) is 6.07 Å². The molecule has 0 aliphatic heterocycles. The third kappa shape index (κ3) is 2.67. The summed E-state index contributed by atoms with van der Waals surface area (Å²) in [5.41, 5.74) is 5.32. The minimum Gasteiger partial charge on any atom is -0.396 e. The van der Waals surface area contributed by atoms with E-state index in [0.29, 0.717) is 0 Å². The maximum absolute atomic E-state index is 13.2. The molecule has 0 bridgehead atoms. The zero-order valence-corrected chi connectivity index (χ0v) is 10.9. The van der Waals surface area contributed by atoms with Crippen molar-refractivity contribution < 1.29 is 12.8 Å². The predicted molar refractivity (Wildman–Crippen MR) is 70.6 cm³/mol. The first-order chi connectivity index (χ1) is 9.44. The minimum absolute atomic E-state index is 0.0115. The van der Waals surface area contributed by atoms with Crippen molar-refractivity contribution in [2.75, 3.05) is 10.5 Å². The number of rotatable bonds is 3. The first kappa shape index (κ1) is 13.8. The molecular formula is C12H9FN4O2S. The number of nitrogens with two attached hydrogens (primary N) is 1. The van der Waals surface area contributed by atoms with Crippen LogP contribution in [0.25, 0.3) is 0 Å². The SMILES string of the molecule is N#Cc1cc(NS(=O)(=O)c2ncccc2N)ccc1F. The third-order valence-corrected chi connectivity index (χ3v) is 3.75. The number of nitriles is 1. The van der Waals surface area contributed by atoms with Crippen LogP contribution in [0.2, 0.25) is 0 Å². The molecule has 0 unspecified atom stereocenters. The lowest BCUT2D eigenvalue weighted by Gasteiger charge is -2.09. The van der Waals surface area contributed by atoms with E-state index in [1.807, 2.05) is 0 Å². The first-order valence-electron chi connectivity index (χ1n) is 5.37. The molecule has 2 aromatic rings. The van der Waals surface area contributed by atoms with Gasteiger partial charge in [0, 0.05) is 6.20 Å². The molecule has 3 N–H and O–H groups in total. The number of nitrogens with zero attached hydrogens (tertiary/aromatic N) is 2. The molecular weight excluding hydrogens is 283 g/mol. The van der Waals surface area contributed by atoms with Gasteiger partial charge in [0.05, 0.1) is 16.9 Å². The van der Waals surface area contributed by atoms with Gasteiger partial charge in [0.1, 0.15) is 11.9 Å². The quantitative estimate of drug-likeness (QED) is 0.890. The summed E-state index contributed by atoms with van der Waals surface area (Å²) >= 11 is 0. The maximum Gasteiger partial charge on any atom is 0.281 e. The summed E-state index contributed by atoms with van der Waals surface area (Å²) in [4.78, 5) is 3.69. The topological polar surface area (TPSA) is 109 Å². The Morgan fingerprint density at radius 1 is 1.35 bits per heavy atom. The second-order valence-corrected chi connectivity index (χ2v) is 5.41. The molecule has 0 saturated heterocycles. The van der Waals surface area contributed by atoms with Gasteiger partial charge in [-0.3, -0.25) is 4.72 Å². The Morgan fingerprint density at radius 2 is 2.10 bits per heavy atom. The second kappa shape index (κ2) is 5.14. The van der Waals surface area contributed by atoms with E-state index in [1.165, 1.54) is 24.4 Å². The summed E-state index contributed by atoms with van der Waals surface area (Å²) in [6.45, 7) is 0.